The van der Waals surface area contributed by atoms with Crippen molar-refractivity contribution in [3.63, 3.8) is 0 Å². The number of hydrogen-bond donors (Lipinski definition) is 2. The number of aliphatic hydroxyl groups excluding tert-OH is 2. The maximum absolute atomic E-state index is 13.5. The van der Waals surface area contributed by atoms with Gasteiger partial charge in [-0.25, -0.2) is 8.91 Å². The molecule has 0 saturated carbocycles. The lowest BCUT2D eigenvalue weighted by Gasteiger charge is -2.17. The second kappa shape index (κ2) is 9.85. The highest BCUT2D eigenvalue weighted by molar-refractivity contribution is 5.79. The van der Waals surface area contributed by atoms with Crippen LogP contribution in [0.15, 0.2) is 48.7 Å². The van der Waals surface area contributed by atoms with Crippen molar-refractivity contribution in [3.8, 4) is 11.3 Å². The predicted octanol–water partition coefficient (Wildman–Crippen LogP) is 3.95. The van der Waals surface area contributed by atoms with Gasteiger partial charge in [-0.05, 0) is 47.9 Å². The summed E-state index contributed by atoms with van der Waals surface area (Å²) in [5.74, 6) is -0.712. The number of hydrogen-bond acceptors (Lipinski definition) is 5. The van der Waals surface area contributed by atoms with Gasteiger partial charge in [0.25, 0.3) is 0 Å². The first-order valence-corrected chi connectivity index (χ1v) is 10.2. The van der Waals surface area contributed by atoms with Gasteiger partial charge in [-0.1, -0.05) is 26.0 Å². The molecule has 1 aromatic carbocycles. The van der Waals surface area contributed by atoms with Gasteiger partial charge in [0.05, 0.1) is 36.9 Å². The van der Waals surface area contributed by atoms with Gasteiger partial charge in [-0.2, -0.15) is 5.10 Å². The highest BCUT2D eigenvalue weighted by atomic mass is 19.1. The predicted molar refractivity (Wildman–Crippen MR) is 117 cm³/mol. The van der Waals surface area contributed by atoms with E-state index in [9.17, 15) is 19.4 Å². The van der Waals surface area contributed by atoms with E-state index in [1.165, 1.54) is 19.2 Å². The molecular formula is C24H27FN2O4. The smallest absolute Gasteiger partial charge is 0.308 e. The minimum absolute atomic E-state index is 0.00467. The Hall–Kier alpha value is -3.03. The molecule has 0 aliphatic rings. The molecule has 2 atom stereocenters. The first-order valence-electron chi connectivity index (χ1n) is 10.2. The molecule has 0 aliphatic carbocycles. The number of fused-ring (bicyclic) bond motifs is 1. The van der Waals surface area contributed by atoms with Gasteiger partial charge < -0.3 is 14.9 Å². The lowest BCUT2D eigenvalue weighted by Crippen LogP contribution is -2.20. The third kappa shape index (κ3) is 5.37. The summed E-state index contributed by atoms with van der Waals surface area (Å²) in [5, 5.41) is 25.1. The molecule has 164 valence electrons. The number of halogens is 1. The Morgan fingerprint density at radius 2 is 1.94 bits per heavy atom. The summed E-state index contributed by atoms with van der Waals surface area (Å²) in [6, 6.07) is 10.0. The van der Waals surface area contributed by atoms with Crippen LogP contribution in [0.2, 0.25) is 0 Å². The normalized spacial score (nSPS) is 13.8. The Balaban J connectivity index is 2.01. The topological polar surface area (TPSA) is 84.1 Å². The van der Waals surface area contributed by atoms with Crippen LogP contribution < -0.4 is 0 Å². The van der Waals surface area contributed by atoms with Crippen molar-refractivity contribution in [2.24, 2.45) is 0 Å². The van der Waals surface area contributed by atoms with E-state index < -0.39 is 18.2 Å². The summed E-state index contributed by atoms with van der Waals surface area (Å²) in [7, 11) is 1.25. The highest BCUT2D eigenvalue weighted by Gasteiger charge is 2.19. The molecule has 3 aromatic rings. The fraction of sp³-hybridized carbons (Fsp3) is 0.333. The average Bonchev–Trinajstić information content (AvgIpc) is 3.19. The molecule has 2 heterocycles. The van der Waals surface area contributed by atoms with E-state index in [2.05, 4.69) is 18.6 Å². The minimum Gasteiger partial charge on any atom is -0.469 e. The molecule has 7 heteroatoms. The fourth-order valence-corrected chi connectivity index (χ4v) is 3.62. The summed E-state index contributed by atoms with van der Waals surface area (Å²) >= 11 is 0. The van der Waals surface area contributed by atoms with E-state index in [0.717, 1.165) is 22.2 Å². The molecule has 0 spiro atoms. The van der Waals surface area contributed by atoms with Gasteiger partial charge in [-0.3, -0.25) is 4.79 Å². The number of carbonyl (C=O) groups excluding carboxylic acids is 1. The molecule has 2 unspecified atom stereocenters. The molecule has 3 rings (SSSR count). The number of benzene rings is 1. The van der Waals surface area contributed by atoms with Crippen molar-refractivity contribution in [2.75, 3.05) is 7.11 Å². The summed E-state index contributed by atoms with van der Waals surface area (Å²) < 4.78 is 19.8. The lowest BCUT2D eigenvalue weighted by molar-refractivity contribution is -0.143. The maximum atomic E-state index is 13.5. The van der Waals surface area contributed by atoms with E-state index in [1.807, 2.05) is 18.3 Å². The summed E-state index contributed by atoms with van der Waals surface area (Å²) in [5.41, 5.74) is 4.21. The summed E-state index contributed by atoms with van der Waals surface area (Å²) in [4.78, 5) is 11.3. The van der Waals surface area contributed by atoms with Crippen LogP contribution in [0.25, 0.3) is 22.9 Å². The van der Waals surface area contributed by atoms with Crippen molar-refractivity contribution in [2.45, 2.75) is 44.8 Å². The zero-order valence-corrected chi connectivity index (χ0v) is 17.8. The molecule has 0 fully saturated rings. The zero-order chi connectivity index (χ0) is 22.5. The Kier molecular flexibility index (Phi) is 7.20. The van der Waals surface area contributed by atoms with Crippen LogP contribution in [0.5, 0.6) is 0 Å². The molecule has 31 heavy (non-hydrogen) atoms. The Bertz CT molecular complexity index is 1070. The molecule has 0 bridgehead atoms. The van der Waals surface area contributed by atoms with Crippen LogP contribution in [0.3, 0.4) is 0 Å². The lowest BCUT2D eigenvalue weighted by atomic mass is 9.93. The Labute approximate surface area is 180 Å². The van der Waals surface area contributed by atoms with Gasteiger partial charge in [-0.15, -0.1) is 0 Å². The summed E-state index contributed by atoms with van der Waals surface area (Å²) in [6.45, 7) is 4.15. The molecule has 2 aromatic heterocycles. The van der Waals surface area contributed by atoms with Gasteiger partial charge in [0.2, 0.25) is 0 Å². The molecule has 0 saturated heterocycles. The van der Waals surface area contributed by atoms with Crippen molar-refractivity contribution in [1.82, 2.24) is 9.61 Å². The Morgan fingerprint density at radius 1 is 1.23 bits per heavy atom. The van der Waals surface area contributed by atoms with Crippen molar-refractivity contribution in [3.05, 3.63) is 65.6 Å². The van der Waals surface area contributed by atoms with E-state index in [1.54, 1.807) is 28.8 Å². The van der Waals surface area contributed by atoms with Crippen LogP contribution >= 0.6 is 0 Å². The molecule has 0 amide bonds. The Morgan fingerprint density at radius 3 is 2.58 bits per heavy atom. The van der Waals surface area contributed by atoms with Gasteiger partial charge in [0.15, 0.2) is 0 Å². The third-order valence-electron chi connectivity index (χ3n) is 5.08. The van der Waals surface area contributed by atoms with E-state index in [0.29, 0.717) is 5.69 Å². The molecular weight excluding hydrogens is 399 g/mol. The molecule has 6 nitrogen and oxygen atoms in total. The molecule has 2 N–H and O–H groups in total. The quantitative estimate of drug-likeness (QED) is 0.533. The number of ether oxygens (including phenoxy) is 1. The number of nitrogens with zero attached hydrogens (tertiary/aromatic N) is 2. The standard InChI is InChI=1S/C24H27FN2O4/c1-15(2)23-20(11-10-18(28)13-19(29)14-22(30)31-3)24(16-6-8-17(25)9-7-16)26-27-12-4-5-21(23)27/h4-12,15,18-19,28-29H,13-14H2,1-3H3/b11-10+. The summed E-state index contributed by atoms with van der Waals surface area (Å²) in [6.07, 6.45) is 3.05. The van der Waals surface area contributed by atoms with Gasteiger partial charge >= 0.3 is 5.97 Å². The van der Waals surface area contributed by atoms with Crippen LogP contribution in [-0.4, -0.2) is 45.1 Å². The van der Waals surface area contributed by atoms with Crippen LogP contribution in [0, 0.1) is 5.82 Å². The number of aromatic nitrogens is 2. The number of carbonyl (C=O) groups is 1. The average molecular weight is 426 g/mol. The first-order chi connectivity index (χ1) is 14.8. The number of methoxy groups -OCH3 is 1. The molecule has 0 aliphatic heterocycles. The molecule has 0 radical (unpaired) electrons. The SMILES string of the molecule is COC(=O)CC(O)CC(O)/C=C/c1c(-c2ccc(F)cc2)nn2cccc2c1C(C)C. The fourth-order valence-electron chi connectivity index (χ4n) is 3.62. The van der Waals surface area contributed by atoms with Gasteiger partial charge in [0, 0.05) is 23.7 Å². The van der Waals surface area contributed by atoms with Crippen molar-refractivity contribution >= 4 is 17.6 Å². The van der Waals surface area contributed by atoms with E-state index >= 15 is 0 Å². The number of esters is 1. The van der Waals surface area contributed by atoms with Crippen molar-refractivity contribution in [1.29, 1.82) is 0 Å². The van der Waals surface area contributed by atoms with Gasteiger partial charge in [0.1, 0.15) is 5.82 Å². The van der Waals surface area contributed by atoms with Crippen LogP contribution in [0.4, 0.5) is 4.39 Å². The van der Waals surface area contributed by atoms with E-state index in [-0.39, 0.29) is 24.6 Å². The maximum Gasteiger partial charge on any atom is 0.308 e. The second-order valence-corrected chi connectivity index (χ2v) is 7.77. The zero-order valence-electron chi connectivity index (χ0n) is 17.8. The van der Waals surface area contributed by atoms with Crippen molar-refractivity contribution < 1.29 is 24.1 Å². The number of aliphatic hydroxyl groups is 2. The minimum atomic E-state index is -1.01. The number of rotatable bonds is 8. The third-order valence-corrected chi connectivity index (χ3v) is 5.08. The monoisotopic (exact) mass is 426 g/mol. The highest BCUT2D eigenvalue weighted by Crippen LogP contribution is 2.33. The van der Waals surface area contributed by atoms with E-state index in [4.69, 9.17) is 5.10 Å². The van der Waals surface area contributed by atoms with Crippen LogP contribution in [-0.2, 0) is 9.53 Å². The second-order valence-electron chi connectivity index (χ2n) is 7.77. The van der Waals surface area contributed by atoms with Crippen LogP contribution in [0.1, 0.15) is 43.7 Å². The first kappa shape index (κ1) is 22.7. The largest absolute Gasteiger partial charge is 0.469 e.